The molecule has 1 fully saturated rings. The Morgan fingerprint density at radius 3 is 2.94 bits per heavy atom. The van der Waals surface area contributed by atoms with E-state index in [0.717, 1.165) is 30.1 Å². The molecule has 88 valence electrons. The summed E-state index contributed by atoms with van der Waals surface area (Å²) >= 11 is 5.91. The van der Waals surface area contributed by atoms with Gasteiger partial charge in [0.2, 0.25) is 0 Å². The summed E-state index contributed by atoms with van der Waals surface area (Å²) < 4.78 is 5.91. The molecule has 0 amide bonds. The molecule has 1 aromatic rings. The van der Waals surface area contributed by atoms with Crippen LogP contribution in [-0.4, -0.2) is 18.2 Å². The molecule has 1 aliphatic heterocycles. The van der Waals surface area contributed by atoms with Gasteiger partial charge in [-0.3, -0.25) is 0 Å². The van der Waals surface area contributed by atoms with E-state index in [4.69, 9.17) is 16.3 Å². The van der Waals surface area contributed by atoms with Crippen LogP contribution in [-0.2, 0) is 4.74 Å². The molecule has 1 aromatic carbocycles. The van der Waals surface area contributed by atoms with Crippen LogP contribution in [0.15, 0.2) is 24.3 Å². The third kappa shape index (κ3) is 3.13. The van der Waals surface area contributed by atoms with E-state index in [-0.39, 0.29) is 5.60 Å². The predicted molar refractivity (Wildman–Crippen MR) is 68.1 cm³/mol. The Morgan fingerprint density at radius 1 is 1.50 bits per heavy atom. The summed E-state index contributed by atoms with van der Waals surface area (Å²) in [6.45, 7) is 5.14. The van der Waals surface area contributed by atoms with Gasteiger partial charge in [-0.2, -0.15) is 0 Å². The van der Waals surface area contributed by atoms with Gasteiger partial charge < -0.3 is 10.1 Å². The number of hydrogen-bond donors (Lipinski definition) is 1. The number of rotatable bonds is 3. The normalized spacial score (nSPS) is 23.3. The Labute approximate surface area is 102 Å². The number of nitrogens with one attached hydrogen (secondary N) is 1. The molecule has 3 heteroatoms. The number of anilines is 1. The Morgan fingerprint density at radius 2 is 2.31 bits per heavy atom. The fraction of sp³-hybridized carbons (Fsp3) is 0.538. The van der Waals surface area contributed by atoms with Crippen LogP contribution in [0.2, 0.25) is 5.02 Å². The van der Waals surface area contributed by atoms with Gasteiger partial charge in [-0.15, -0.1) is 0 Å². The monoisotopic (exact) mass is 239 g/mol. The van der Waals surface area contributed by atoms with Crippen LogP contribution in [0, 0.1) is 0 Å². The minimum absolute atomic E-state index is 0.0423. The summed E-state index contributed by atoms with van der Waals surface area (Å²) in [4.78, 5) is 0. The molecule has 2 rings (SSSR count). The molecular weight excluding hydrogens is 222 g/mol. The Hall–Kier alpha value is -0.730. The second kappa shape index (κ2) is 4.64. The first-order valence-electron chi connectivity index (χ1n) is 5.72. The van der Waals surface area contributed by atoms with Crippen LogP contribution in [0.5, 0.6) is 0 Å². The summed E-state index contributed by atoms with van der Waals surface area (Å²) in [6.07, 6.45) is 2.57. The van der Waals surface area contributed by atoms with Gasteiger partial charge in [-0.05, 0) is 44.9 Å². The number of ether oxygens (including phenoxy) is 1. The van der Waals surface area contributed by atoms with Gasteiger partial charge >= 0.3 is 0 Å². The summed E-state index contributed by atoms with van der Waals surface area (Å²) in [5, 5.41) is 4.12. The zero-order valence-corrected chi connectivity index (χ0v) is 10.6. The van der Waals surface area contributed by atoms with E-state index in [1.807, 2.05) is 24.3 Å². The predicted octanol–water partition coefficient (Wildman–Crippen LogP) is 3.71. The molecular formula is C13H18ClNO. The van der Waals surface area contributed by atoms with Gasteiger partial charge in [0.25, 0.3) is 0 Å². The summed E-state index contributed by atoms with van der Waals surface area (Å²) in [7, 11) is 0. The molecule has 1 saturated heterocycles. The standard InChI is InChI=1S/C13H18ClNO/c1-13(2)7-6-12(16-13)9-15-11-5-3-4-10(14)8-11/h3-5,8,12,15H,6-7,9H2,1-2H3. The molecule has 0 aliphatic carbocycles. The van der Waals surface area contributed by atoms with Gasteiger partial charge in [0.15, 0.2) is 0 Å². The van der Waals surface area contributed by atoms with Gasteiger partial charge in [-0.1, -0.05) is 17.7 Å². The second-order valence-corrected chi connectivity index (χ2v) is 5.37. The molecule has 1 atom stereocenters. The van der Waals surface area contributed by atoms with Gasteiger partial charge in [0.05, 0.1) is 11.7 Å². The van der Waals surface area contributed by atoms with Crippen molar-refractivity contribution >= 4 is 17.3 Å². The minimum atomic E-state index is 0.0423. The van der Waals surface area contributed by atoms with Gasteiger partial charge in [0.1, 0.15) is 0 Å². The number of benzene rings is 1. The first-order valence-corrected chi connectivity index (χ1v) is 6.10. The van der Waals surface area contributed by atoms with E-state index < -0.39 is 0 Å². The molecule has 1 aliphatic rings. The van der Waals surface area contributed by atoms with Crippen LogP contribution < -0.4 is 5.32 Å². The van der Waals surface area contributed by atoms with Crippen molar-refractivity contribution in [3.05, 3.63) is 29.3 Å². The lowest BCUT2D eigenvalue weighted by molar-refractivity contribution is -0.00910. The quantitative estimate of drug-likeness (QED) is 0.868. The van der Waals surface area contributed by atoms with Crippen molar-refractivity contribution in [2.24, 2.45) is 0 Å². The molecule has 16 heavy (non-hydrogen) atoms. The summed E-state index contributed by atoms with van der Waals surface area (Å²) in [5.41, 5.74) is 1.10. The zero-order valence-electron chi connectivity index (χ0n) is 9.79. The van der Waals surface area contributed by atoms with Crippen molar-refractivity contribution in [1.82, 2.24) is 0 Å². The number of halogens is 1. The highest BCUT2D eigenvalue weighted by Crippen LogP contribution is 2.29. The van der Waals surface area contributed by atoms with Gasteiger partial charge in [-0.25, -0.2) is 0 Å². The second-order valence-electron chi connectivity index (χ2n) is 4.93. The Bertz CT molecular complexity index is 365. The van der Waals surface area contributed by atoms with Gasteiger partial charge in [0, 0.05) is 17.3 Å². The highest BCUT2D eigenvalue weighted by molar-refractivity contribution is 6.30. The molecule has 0 bridgehead atoms. The summed E-state index contributed by atoms with van der Waals surface area (Å²) in [6, 6.07) is 7.78. The molecule has 1 unspecified atom stereocenters. The van der Waals surface area contributed by atoms with Crippen LogP contribution >= 0.6 is 11.6 Å². The van der Waals surface area contributed by atoms with Crippen LogP contribution in [0.25, 0.3) is 0 Å². The fourth-order valence-corrected chi connectivity index (χ4v) is 2.24. The Kier molecular flexibility index (Phi) is 3.41. The lowest BCUT2D eigenvalue weighted by atomic mass is 10.1. The third-order valence-electron chi connectivity index (χ3n) is 2.91. The smallest absolute Gasteiger partial charge is 0.0755 e. The maximum Gasteiger partial charge on any atom is 0.0755 e. The SMILES string of the molecule is CC1(C)CCC(CNc2cccc(Cl)c2)O1. The molecule has 0 radical (unpaired) electrons. The Balaban J connectivity index is 1.84. The molecule has 0 spiro atoms. The first-order chi connectivity index (χ1) is 7.55. The molecule has 1 heterocycles. The molecule has 0 saturated carbocycles. The fourth-order valence-electron chi connectivity index (χ4n) is 2.05. The molecule has 0 aromatic heterocycles. The van der Waals surface area contributed by atoms with Crippen molar-refractivity contribution in [2.75, 3.05) is 11.9 Å². The average Bonchev–Trinajstić information content (AvgIpc) is 2.56. The van der Waals surface area contributed by atoms with Crippen molar-refractivity contribution in [3.8, 4) is 0 Å². The first kappa shape index (κ1) is 11.7. The third-order valence-corrected chi connectivity index (χ3v) is 3.15. The maximum absolute atomic E-state index is 5.91. The van der Waals surface area contributed by atoms with Crippen molar-refractivity contribution in [3.63, 3.8) is 0 Å². The molecule has 2 nitrogen and oxygen atoms in total. The van der Waals surface area contributed by atoms with Crippen molar-refractivity contribution < 1.29 is 4.74 Å². The van der Waals surface area contributed by atoms with E-state index in [1.165, 1.54) is 0 Å². The maximum atomic E-state index is 5.91. The number of hydrogen-bond acceptors (Lipinski definition) is 2. The van der Waals surface area contributed by atoms with Crippen LogP contribution in [0.1, 0.15) is 26.7 Å². The van der Waals surface area contributed by atoms with E-state index in [2.05, 4.69) is 19.2 Å². The minimum Gasteiger partial charge on any atom is -0.382 e. The molecule has 1 N–H and O–H groups in total. The largest absolute Gasteiger partial charge is 0.382 e. The summed E-state index contributed by atoms with van der Waals surface area (Å²) in [5.74, 6) is 0. The van der Waals surface area contributed by atoms with Crippen LogP contribution in [0.4, 0.5) is 5.69 Å². The van der Waals surface area contributed by atoms with Crippen molar-refractivity contribution in [1.29, 1.82) is 0 Å². The lowest BCUT2D eigenvalue weighted by Crippen LogP contribution is -2.24. The van der Waals surface area contributed by atoms with E-state index in [1.54, 1.807) is 0 Å². The zero-order chi connectivity index (χ0) is 11.6. The van der Waals surface area contributed by atoms with E-state index in [0.29, 0.717) is 6.10 Å². The highest BCUT2D eigenvalue weighted by atomic mass is 35.5. The van der Waals surface area contributed by atoms with E-state index >= 15 is 0 Å². The topological polar surface area (TPSA) is 21.3 Å². The van der Waals surface area contributed by atoms with E-state index in [9.17, 15) is 0 Å². The lowest BCUT2D eigenvalue weighted by Gasteiger charge is -2.19. The van der Waals surface area contributed by atoms with Crippen molar-refractivity contribution in [2.45, 2.75) is 38.4 Å². The highest BCUT2D eigenvalue weighted by Gasteiger charge is 2.31. The van der Waals surface area contributed by atoms with Crippen LogP contribution in [0.3, 0.4) is 0 Å². The average molecular weight is 240 g/mol.